The molecule has 28 heavy (non-hydrogen) atoms. The SMILES string of the molecule is CN(C)CCCNc1nc(-c2cc3ccccc3o2)nc2ccccc12.Cl.Cl. The lowest BCUT2D eigenvalue weighted by Crippen LogP contribution is -2.16. The predicted octanol–water partition coefficient (Wildman–Crippen LogP) is 5.25. The van der Waals surface area contributed by atoms with Crippen molar-refractivity contribution in [2.24, 2.45) is 0 Å². The second-order valence-electron chi connectivity index (χ2n) is 6.65. The third-order valence-corrected chi connectivity index (χ3v) is 4.32. The monoisotopic (exact) mass is 418 g/mol. The summed E-state index contributed by atoms with van der Waals surface area (Å²) in [5.74, 6) is 2.15. The lowest BCUT2D eigenvalue weighted by molar-refractivity contribution is 0.405. The molecule has 4 rings (SSSR count). The van der Waals surface area contributed by atoms with Gasteiger partial charge in [0.25, 0.3) is 0 Å². The van der Waals surface area contributed by atoms with Gasteiger partial charge in [0.15, 0.2) is 11.6 Å². The van der Waals surface area contributed by atoms with Crippen molar-refractivity contribution in [1.82, 2.24) is 14.9 Å². The van der Waals surface area contributed by atoms with Crippen molar-refractivity contribution in [3.8, 4) is 11.6 Å². The average Bonchev–Trinajstić information content (AvgIpc) is 3.09. The maximum absolute atomic E-state index is 5.96. The molecule has 1 N–H and O–H groups in total. The summed E-state index contributed by atoms with van der Waals surface area (Å²) in [6, 6.07) is 18.0. The molecule has 0 saturated heterocycles. The molecule has 0 unspecified atom stereocenters. The second kappa shape index (κ2) is 9.73. The zero-order valence-corrected chi connectivity index (χ0v) is 17.5. The highest BCUT2D eigenvalue weighted by molar-refractivity contribution is 5.91. The highest BCUT2D eigenvalue weighted by Gasteiger charge is 2.13. The minimum atomic E-state index is 0. The van der Waals surface area contributed by atoms with E-state index in [9.17, 15) is 0 Å². The molecule has 2 aromatic heterocycles. The summed E-state index contributed by atoms with van der Waals surface area (Å²) < 4.78 is 5.96. The molecule has 0 saturated carbocycles. The van der Waals surface area contributed by atoms with Gasteiger partial charge >= 0.3 is 0 Å². The van der Waals surface area contributed by atoms with Gasteiger partial charge in [-0.2, -0.15) is 0 Å². The molecule has 0 spiro atoms. The van der Waals surface area contributed by atoms with Crippen LogP contribution < -0.4 is 5.32 Å². The summed E-state index contributed by atoms with van der Waals surface area (Å²) >= 11 is 0. The maximum atomic E-state index is 5.96. The number of rotatable bonds is 6. The van der Waals surface area contributed by atoms with Crippen LogP contribution in [0.3, 0.4) is 0 Å². The molecular formula is C21H24Cl2N4O. The number of nitrogens with one attached hydrogen (secondary N) is 1. The first-order valence-electron chi connectivity index (χ1n) is 8.85. The summed E-state index contributed by atoms with van der Waals surface area (Å²) in [6.45, 7) is 1.89. The number of nitrogens with zero attached hydrogens (tertiary/aromatic N) is 3. The van der Waals surface area contributed by atoms with Crippen LogP contribution in [0.2, 0.25) is 0 Å². The van der Waals surface area contributed by atoms with Gasteiger partial charge in [0, 0.05) is 17.3 Å². The lowest BCUT2D eigenvalue weighted by Gasteiger charge is -2.12. The fourth-order valence-corrected chi connectivity index (χ4v) is 3.02. The van der Waals surface area contributed by atoms with E-state index in [0.717, 1.165) is 47.2 Å². The van der Waals surface area contributed by atoms with Crippen LogP contribution in [-0.2, 0) is 0 Å². The van der Waals surface area contributed by atoms with Crippen LogP contribution in [0.1, 0.15) is 6.42 Å². The molecule has 148 valence electrons. The van der Waals surface area contributed by atoms with E-state index in [-0.39, 0.29) is 24.8 Å². The normalized spacial score (nSPS) is 10.7. The Morgan fingerprint density at radius 3 is 2.50 bits per heavy atom. The van der Waals surface area contributed by atoms with Gasteiger partial charge in [-0.05, 0) is 51.3 Å². The molecule has 5 nitrogen and oxygen atoms in total. The largest absolute Gasteiger partial charge is 0.453 e. The Hall–Kier alpha value is -2.34. The number of aromatic nitrogens is 2. The van der Waals surface area contributed by atoms with Crippen molar-refractivity contribution >= 4 is 52.5 Å². The van der Waals surface area contributed by atoms with Gasteiger partial charge in [-0.25, -0.2) is 9.97 Å². The van der Waals surface area contributed by atoms with E-state index >= 15 is 0 Å². The first kappa shape index (κ1) is 22.0. The Morgan fingerprint density at radius 1 is 0.964 bits per heavy atom. The molecule has 7 heteroatoms. The summed E-state index contributed by atoms with van der Waals surface area (Å²) in [7, 11) is 4.17. The topological polar surface area (TPSA) is 54.2 Å². The number of furan rings is 1. The number of para-hydroxylation sites is 2. The molecule has 0 amide bonds. The average molecular weight is 419 g/mol. The van der Waals surface area contributed by atoms with Crippen molar-refractivity contribution in [3.05, 3.63) is 54.6 Å². The van der Waals surface area contributed by atoms with Crippen LogP contribution in [0.25, 0.3) is 33.5 Å². The molecule has 0 aliphatic carbocycles. The van der Waals surface area contributed by atoms with Crippen molar-refractivity contribution in [1.29, 1.82) is 0 Å². The van der Waals surface area contributed by atoms with Crippen molar-refractivity contribution in [2.75, 3.05) is 32.5 Å². The smallest absolute Gasteiger partial charge is 0.198 e. The number of halogens is 2. The molecular weight excluding hydrogens is 395 g/mol. The van der Waals surface area contributed by atoms with E-state index in [4.69, 9.17) is 14.4 Å². The molecule has 2 aromatic carbocycles. The van der Waals surface area contributed by atoms with E-state index in [1.807, 2.05) is 54.6 Å². The molecule has 0 atom stereocenters. The highest BCUT2D eigenvalue weighted by Crippen LogP contribution is 2.29. The van der Waals surface area contributed by atoms with Gasteiger partial charge in [0.1, 0.15) is 11.4 Å². The van der Waals surface area contributed by atoms with E-state index in [1.54, 1.807) is 0 Å². The number of benzene rings is 2. The summed E-state index contributed by atoms with van der Waals surface area (Å²) in [4.78, 5) is 11.6. The zero-order chi connectivity index (χ0) is 17.9. The highest BCUT2D eigenvalue weighted by atomic mass is 35.5. The third kappa shape index (κ3) is 4.73. The quantitative estimate of drug-likeness (QED) is 0.433. The fraction of sp³-hybridized carbons (Fsp3) is 0.238. The van der Waals surface area contributed by atoms with Crippen LogP contribution in [-0.4, -0.2) is 42.1 Å². The van der Waals surface area contributed by atoms with E-state index < -0.39 is 0 Å². The summed E-state index contributed by atoms with van der Waals surface area (Å²) in [6.07, 6.45) is 1.05. The number of hydrogen-bond donors (Lipinski definition) is 1. The van der Waals surface area contributed by atoms with Crippen LogP contribution in [0.5, 0.6) is 0 Å². The fourth-order valence-electron chi connectivity index (χ4n) is 3.02. The third-order valence-electron chi connectivity index (χ3n) is 4.32. The minimum absolute atomic E-state index is 0. The first-order chi connectivity index (χ1) is 12.7. The Kier molecular flexibility index (Phi) is 7.63. The van der Waals surface area contributed by atoms with Crippen LogP contribution in [0, 0.1) is 0 Å². The van der Waals surface area contributed by atoms with Crippen molar-refractivity contribution in [3.63, 3.8) is 0 Å². The Morgan fingerprint density at radius 2 is 1.71 bits per heavy atom. The molecule has 0 fully saturated rings. The van der Waals surface area contributed by atoms with E-state index in [0.29, 0.717) is 11.6 Å². The van der Waals surface area contributed by atoms with E-state index in [2.05, 4.69) is 24.3 Å². The molecule has 0 aliphatic heterocycles. The molecule has 0 bridgehead atoms. The standard InChI is InChI=1S/C21H22N4O.2ClH/c1-25(2)13-7-12-22-20-16-9-4-5-10-17(16)23-21(24-20)19-14-15-8-3-6-11-18(15)26-19;;/h3-6,8-11,14H,7,12-13H2,1-2H3,(H,22,23,24);2*1H. The van der Waals surface area contributed by atoms with Crippen molar-refractivity contribution in [2.45, 2.75) is 6.42 Å². The Bertz CT molecular complexity index is 1020. The van der Waals surface area contributed by atoms with Gasteiger partial charge in [-0.1, -0.05) is 30.3 Å². The number of fused-ring (bicyclic) bond motifs is 2. The van der Waals surface area contributed by atoms with Crippen LogP contribution >= 0.6 is 24.8 Å². The minimum Gasteiger partial charge on any atom is -0.453 e. The van der Waals surface area contributed by atoms with Crippen LogP contribution in [0.4, 0.5) is 5.82 Å². The summed E-state index contributed by atoms with van der Waals surface area (Å²) in [5.41, 5.74) is 1.76. The lowest BCUT2D eigenvalue weighted by atomic mass is 10.2. The Labute approximate surface area is 177 Å². The predicted molar refractivity (Wildman–Crippen MR) is 121 cm³/mol. The van der Waals surface area contributed by atoms with Gasteiger partial charge in [0.05, 0.1) is 5.52 Å². The number of hydrogen-bond acceptors (Lipinski definition) is 5. The van der Waals surface area contributed by atoms with Gasteiger partial charge < -0.3 is 14.6 Å². The molecule has 4 aromatic rings. The first-order valence-corrected chi connectivity index (χ1v) is 8.85. The van der Waals surface area contributed by atoms with Crippen molar-refractivity contribution < 1.29 is 4.42 Å². The van der Waals surface area contributed by atoms with E-state index in [1.165, 1.54) is 0 Å². The van der Waals surface area contributed by atoms with Gasteiger partial charge in [-0.15, -0.1) is 24.8 Å². The maximum Gasteiger partial charge on any atom is 0.198 e. The van der Waals surface area contributed by atoms with Gasteiger partial charge in [-0.3, -0.25) is 0 Å². The second-order valence-corrected chi connectivity index (χ2v) is 6.65. The molecule has 2 heterocycles. The Balaban J connectivity index is 0.00000140. The zero-order valence-electron chi connectivity index (χ0n) is 15.9. The number of anilines is 1. The molecule has 0 radical (unpaired) electrons. The summed E-state index contributed by atoms with van der Waals surface area (Å²) in [5, 5.41) is 5.55. The van der Waals surface area contributed by atoms with Gasteiger partial charge in [0.2, 0.25) is 0 Å². The van der Waals surface area contributed by atoms with Crippen LogP contribution in [0.15, 0.2) is 59.0 Å². The molecule has 0 aliphatic rings.